The highest BCUT2D eigenvalue weighted by atomic mass is 16.5. The molecule has 0 saturated heterocycles. The molecule has 1 aromatic carbocycles. The van der Waals surface area contributed by atoms with Crippen molar-refractivity contribution in [3.63, 3.8) is 0 Å². The Balaban J connectivity index is 1.69. The number of aromatic nitrogens is 2. The van der Waals surface area contributed by atoms with E-state index in [4.69, 9.17) is 15.0 Å². The molecule has 1 heterocycles. The minimum atomic E-state index is -0.470. The largest absolute Gasteiger partial charge is 0.497 e. The van der Waals surface area contributed by atoms with Crippen LogP contribution >= 0.6 is 0 Å². The maximum atomic E-state index is 12.7. The number of ether oxygens (including phenoxy) is 1. The van der Waals surface area contributed by atoms with Crippen molar-refractivity contribution in [3.05, 3.63) is 30.2 Å². The molecule has 3 N–H and O–H groups in total. The van der Waals surface area contributed by atoms with Gasteiger partial charge in [0.25, 0.3) is 0 Å². The summed E-state index contributed by atoms with van der Waals surface area (Å²) in [6, 6.07) is 7.04. The second kappa shape index (κ2) is 7.45. The van der Waals surface area contributed by atoms with Gasteiger partial charge in [0.1, 0.15) is 11.8 Å². The first-order valence-electron chi connectivity index (χ1n) is 8.98. The number of nitrogens with zero attached hydrogens (tertiary/aromatic N) is 2. The molecule has 1 aliphatic carbocycles. The Bertz CT molecular complexity index is 772. The quantitative estimate of drug-likeness (QED) is 0.852. The first-order valence-corrected chi connectivity index (χ1v) is 8.98. The normalized spacial score (nSPS) is 24.1. The molecular formula is C19H26N4O3. The van der Waals surface area contributed by atoms with Crippen molar-refractivity contribution in [2.24, 2.45) is 11.7 Å². The zero-order valence-electron chi connectivity index (χ0n) is 15.5. The van der Waals surface area contributed by atoms with Crippen LogP contribution in [0.15, 0.2) is 28.8 Å². The van der Waals surface area contributed by atoms with Gasteiger partial charge in [-0.05, 0) is 38.8 Å². The molecule has 7 nitrogen and oxygen atoms in total. The van der Waals surface area contributed by atoms with E-state index in [1.807, 2.05) is 38.1 Å². The van der Waals surface area contributed by atoms with Gasteiger partial charge in [0.2, 0.25) is 17.6 Å². The minimum absolute atomic E-state index is 0.0525. The van der Waals surface area contributed by atoms with Crippen LogP contribution in [0.1, 0.15) is 51.5 Å². The van der Waals surface area contributed by atoms with E-state index in [1.165, 1.54) is 0 Å². The number of hydrogen-bond acceptors (Lipinski definition) is 6. The lowest BCUT2D eigenvalue weighted by molar-refractivity contribution is -0.129. The van der Waals surface area contributed by atoms with Crippen molar-refractivity contribution >= 4 is 5.91 Å². The zero-order valence-corrected chi connectivity index (χ0v) is 15.5. The number of carbonyl (C=O) groups is 1. The number of benzene rings is 1. The Morgan fingerprint density at radius 1 is 1.46 bits per heavy atom. The van der Waals surface area contributed by atoms with Crippen molar-refractivity contribution < 1.29 is 14.1 Å². The SMILES string of the molecule is COc1cccc(-c2noc(C(C)NC(=O)C3CCCCC3(C)N)n2)c1. The van der Waals surface area contributed by atoms with Gasteiger partial charge in [0, 0.05) is 11.1 Å². The fourth-order valence-corrected chi connectivity index (χ4v) is 3.46. The molecule has 1 aliphatic rings. The average molecular weight is 358 g/mol. The first-order chi connectivity index (χ1) is 12.4. The summed E-state index contributed by atoms with van der Waals surface area (Å²) >= 11 is 0. The third kappa shape index (κ3) is 3.88. The summed E-state index contributed by atoms with van der Waals surface area (Å²) in [7, 11) is 1.61. The van der Waals surface area contributed by atoms with Crippen molar-refractivity contribution in [2.75, 3.05) is 7.11 Å². The smallest absolute Gasteiger partial charge is 0.249 e. The van der Waals surface area contributed by atoms with Crippen LogP contribution in [0, 0.1) is 5.92 Å². The molecule has 0 bridgehead atoms. The number of hydrogen-bond donors (Lipinski definition) is 2. The van der Waals surface area contributed by atoms with Gasteiger partial charge in [-0.25, -0.2) is 0 Å². The number of rotatable bonds is 5. The molecule has 1 fully saturated rings. The lowest BCUT2D eigenvalue weighted by Gasteiger charge is -2.37. The van der Waals surface area contributed by atoms with E-state index in [1.54, 1.807) is 7.11 Å². The molecule has 1 saturated carbocycles. The topological polar surface area (TPSA) is 103 Å². The maximum Gasteiger partial charge on any atom is 0.249 e. The number of nitrogens with one attached hydrogen (secondary N) is 1. The van der Waals surface area contributed by atoms with Crippen LogP contribution < -0.4 is 15.8 Å². The standard InChI is InChI=1S/C19H26N4O3/c1-12(21-17(24)15-9-4-5-10-19(15,2)20)18-22-16(23-26-18)13-7-6-8-14(11-13)25-3/h6-8,11-12,15H,4-5,9-10,20H2,1-3H3,(H,21,24). The van der Waals surface area contributed by atoms with Gasteiger partial charge in [0.15, 0.2) is 0 Å². The van der Waals surface area contributed by atoms with Gasteiger partial charge in [-0.1, -0.05) is 30.1 Å². The van der Waals surface area contributed by atoms with E-state index < -0.39 is 5.54 Å². The Kier molecular flexibility index (Phi) is 5.27. The first kappa shape index (κ1) is 18.4. The highest BCUT2D eigenvalue weighted by Crippen LogP contribution is 2.32. The Morgan fingerprint density at radius 3 is 3.00 bits per heavy atom. The van der Waals surface area contributed by atoms with Crippen LogP contribution in [0.3, 0.4) is 0 Å². The van der Waals surface area contributed by atoms with E-state index in [-0.39, 0.29) is 17.9 Å². The Morgan fingerprint density at radius 2 is 2.27 bits per heavy atom. The predicted octanol–water partition coefficient (Wildman–Crippen LogP) is 2.83. The van der Waals surface area contributed by atoms with E-state index in [2.05, 4.69) is 15.5 Å². The lowest BCUT2D eigenvalue weighted by atomic mass is 9.74. The van der Waals surface area contributed by atoms with Crippen LogP contribution in [0.4, 0.5) is 0 Å². The molecule has 3 unspecified atom stereocenters. The number of carbonyl (C=O) groups excluding carboxylic acids is 1. The van der Waals surface area contributed by atoms with Crippen LogP contribution in [0.2, 0.25) is 0 Å². The van der Waals surface area contributed by atoms with Crippen LogP contribution in [0.25, 0.3) is 11.4 Å². The summed E-state index contributed by atoms with van der Waals surface area (Å²) in [6.45, 7) is 3.78. The molecular weight excluding hydrogens is 332 g/mol. The maximum absolute atomic E-state index is 12.7. The Labute approximate surface area is 153 Å². The van der Waals surface area contributed by atoms with E-state index >= 15 is 0 Å². The summed E-state index contributed by atoms with van der Waals surface area (Å²) in [6.07, 6.45) is 3.77. The molecule has 2 aromatic rings. The highest BCUT2D eigenvalue weighted by Gasteiger charge is 2.38. The van der Waals surface area contributed by atoms with Gasteiger partial charge >= 0.3 is 0 Å². The molecule has 26 heavy (non-hydrogen) atoms. The third-order valence-corrected chi connectivity index (χ3v) is 5.07. The van der Waals surface area contributed by atoms with Crippen molar-refractivity contribution in [2.45, 2.75) is 51.1 Å². The highest BCUT2D eigenvalue weighted by molar-refractivity contribution is 5.80. The summed E-state index contributed by atoms with van der Waals surface area (Å²) in [5.41, 5.74) is 6.64. The fourth-order valence-electron chi connectivity index (χ4n) is 3.46. The van der Waals surface area contributed by atoms with Gasteiger partial charge < -0.3 is 20.3 Å². The molecule has 0 aliphatic heterocycles. The molecule has 3 rings (SSSR count). The van der Waals surface area contributed by atoms with Gasteiger partial charge in [0.05, 0.1) is 13.0 Å². The summed E-state index contributed by atoms with van der Waals surface area (Å²) in [5, 5.41) is 6.98. The van der Waals surface area contributed by atoms with Gasteiger partial charge in [-0.3, -0.25) is 4.79 Å². The van der Waals surface area contributed by atoms with Crippen molar-refractivity contribution in [3.8, 4) is 17.1 Å². The molecule has 0 radical (unpaired) electrons. The van der Waals surface area contributed by atoms with Crippen molar-refractivity contribution in [1.29, 1.82) is 0 Å². The predicted molar refractivity (Wildman–Crippen MR) is 97.4 cm³/mol. The third-order valence-electron chi connectivity index (χ3n) is 5.07. The molecule has 3 atom stereocenters. The molecule has 0 spiro atoms. The summed E-state index contributed by atoms with van der Waals surface area (Å²) in [4.78, 5) is 17.1. The Hall–Kier alpha value is -2.41. The summed E-state index contributed by atoms with van der Waals surface area (Å²) < 4.78 is 10.6. The zero-order chi connectivity index (χ0) is 18.7. The number of nitrogens with two attached hydrogens (primary N) is 1. The van der Waals surface area contributed by atoms with Crippen LogP contribution in [0.5, 0.6) is 5.75 Å². The second-order valence-electron chi connectivity index (χ2n) is 7.22. The van der Waals surface area contributed by atoms with Crippen LogP contribution in [-0.4, -0.2) is 28.7 Å². The molecule has 1 aromatic heterocycles. The molecule has 7 heteroatoms. The number of amides is 1. The second-order valence-corrected chi connectivity index (χ2v) is 7.22. The monoisotopic (exact) mass is 358 g/mol. The molecule has 140 valence electrons. The molecule has 1 amide bonds. The summed E-state index contributed by atoms with van der Waals surface area (Å²) in [5.74, 6) is 1.30. The lowest BCUT2D eigenvalue weighted by Crippen LogP contribution is -2.53. The average Bonchev–Trinajstić information content (AvgIpc) is 3.11. The fraction of sp³-hybridized carbons (Fsp3) is 0.526. The van der Waals surface area contributed by atoms with Gasteiger partial charge in [-0.2, -0.15) is 4.98 Å². The van der Waals surface area contributed by atoms with E-state index in [9.17, 15) is 4.79 Å². The van der Waals surface area contributed by atoms with Gasteiger partial charge in [-0.15, -0.1) is 0 Å². The van der Waals surface area contributed by atoms with Crippen LogP contribution in [-0.2, 0) is 4.79 Å². The number of methoxy groups -OCH3 is 1. The van der Waals surface area contributed by atoms with E-state index in [0.717, 1.165) is 37.0 Å². The van der Waals surface area contributed by atoms with E-state index in [0.29, 0.717) is 11.7 Å². The van der Waals surface area contributed by atoms with Crippen molar-refractivity contribution in [1.82, 2.24) is 15.5 Å². The minimum Gasteiger partial charge on any atom is -0.497 e.